The van der Waals surface area contributed by atoms with Crippen LogP contribution in [0.4, 0.5) is 0 Å². The van der Waals surface area contributed by atoms with Gasteiger partial charge in [-0.2, -0.15) is 0 Å². The molecule has 0 aliphatic rings. The van der Waals surface area contributed by atoms with Crippen LogP contribution in [-0.4, -0.2) is 29.2 Å². The highest BCUT2D eigenvalue weighted by molar-refractivity contribution is 5.21. The number of rotatable bonds is 7. The molecule has 2 heteroatoms. The number of nitrogens with zero attached hydrogens (tertiary/aromatic N) is 1. The predicted octanol–water partition coefficient (Wildman–Crippen LogP) is 2.98. The van der Waals surface area contributed by atoms with E-state index in [4.69, 9.17) is 5.11 Å². The smallest absolute Gasteiger partial charge is 0.0558 e. The Balaban J connectivity index is 2.68. The first-order valence-electron chi connectivity index (χ1n) is 6.61. The van der Waals surface area contributed by atoms with Crippen LogP contribution in [0.3, 0.4) is 0 Å². The van der Waals surface area contributed by atoms with Crippen molar-refractivity contribution in [2.75, 3.05) is 13.2 Å². The SMILES string of the molecule is CCC(CC)N(CCO)Cc1ccc(C)cc1. The van der Waals surface area contributed by atoms with E-state index in [9.17, 15) is 0 Å². The molecule has 1 aromatic carbocycles. The minimum Gasteiger partial charge on any atom is -0.395 e. The normalized spacial score (nSPS) is 11.4. The van der Waals surface area contributed by atoms with Crippen molar-refractivity contribution < 1.29 is 5.11 Å². The van der Waals surface area contributed by atoms with Crippen molar-refractivity contribution in [1.82, 2.24) is 4.90 Å². The van der Waals surface area contributed by atoms with Gasteiger partial charge in [0.1, 0.15) is 0 Å². The number of aryl methyl sites for hydroxylation is 1. The predicted molar refractivity (Wildman–Crippen MR) is 73.0 cm³/mol. The standard InChI is InChI=1S/C15H25NO/c1-4-15(5-2)16(10-11-17)12-14-8-6-13(3)7-9-14/h6-9,15,17H,4-5,10-12H2,1-3H3. The summed E-state index contributed by atoms with van der Waals surface area (Å²) >= 11 is 0. The molecule has 0 radical (unpaired) electrons. The van der Waals surface area contributed by atoms with Gasteiger partial charge in [0.15, 0.2) is 0 Å². The van der Waals surface area contributed by atoms with Gasteiger partial charge in [-0.1, -0.05) is 43.7 Å². The fourth-order valence-electron chi connectivity index (χ4n) is 2.25. The van der Waals surface area contributed by atoms with E-state index in [-0.39, 0.29) is 6.61 Å². The first kappa shape index (κ1) is 14.2. The zero-order valence-corrected chi connectivity index (χ0v) is 11.3. The molecule has 1 aromatic rings. The second kappa shape index (κ2) is 7.46. The maximum atomic E-state index is 9.16. The fraction of sp³-hybridized carbons (Fsp3) is 0.600. The van der Waals surface area contributed by atoms with Gasteiger partial charge in [-0.15, -0.1) is 0 Å². The Morgan fingerprint density at radius 1 is 1.12 bits per heavy atom. The number of benzene rings is 1. The highest BCUT2D eigenvalue weighted by atomic mass is 16.3. The average Bonchev–Trinajstić information content (AvgIpc) is 2.34. The Kier molecular flexibility index (Phi) is 6.23. The van der Waals surface area contributed by atoms with E-state index in [1.54, 1.807) is 0 Å². The highest BCUT2D eigenvalue weighted by Gasteiger charge is 2.14. The molecule has 96 valence electrons. The number of aliphatic hydroxyl groups is 1. The summed E-state index contributed by atoms with van der Waals surface area (Å²) in [4.78, 5) is 2.38. The van der Waals surface area contributed by atoms with Gasteiger partial charge in [0, 0.05) is 19.1 Å². The molecule has 2 nitrogen and oxygen atoms in total. The average molecular weight is 235 g/mol. The summed E-state index contributed by atoms with van der Waals surface area (Å²) in [6.45, 7) is 8.48. The Labute approximate surface area is 105 Å². The van der Waals surface area contributed by atoms with Crippen LogP contribution >= 0.6 is 0 Å². The van der Waals surface area contributed by atoms with E-state index in [1.165, 1.54) is 11.1 Å². The van der Waals surface area contributed by atoms with E-state index < -0.39 is 0 Å². The van der Waals surface area contributed by atoms with Crippen LogP contribution in [0.1, 0.15) is 37.8 Å². The van der Waals surface area contributed by atoms with Crippen molar-refractivity contribution in [3.63, 3.8) is 0 Å². The zero-order chi connectivity index (χ0) is 12.7. The van der Waals surface area contributed by atoms with Crippen molar-refractivity contribution in [1.29, 1.82) is 0 Å². The number of hydrogen-bond acceptors (Lipinski definition) is 2. The van der Waals surface area contributed by atoms with Gasteiger partial charge in [0.2, 0.25) is 0 Å². The summed E-state index contributed by atoms with van der Waals surface area (Å²) in [7, 11) is 0. The molecule has 0 saturated carbocycles. The fourth-order valence-corrected chi connectivity index (χ4v) is 2.25. The van der Waals surface area contributed by atoms with Crippen LogP contribution in [0.2, 0.25) is 0 Å². The first-order valence-corrected chi connectivity index (χ1v) is 6.61. The van der Waals surface area contributed by atoms with Gasteiger partial charge in [-0.25, -0.2) is 0 Å². The molecule has 1 N–H and O–H groups in total. The van der Waals surface area contributed by atoms with Gasteiger partial charge in [-0.3, -0.25) is 4.90 Å². The summed E-state index contributed by atoms with van der Waals surface area (Å²) in [6, 6.07) is 9.24. The second-order valence-electron chi connectivity index (χ2n) is 4.65. The molecular formula is C15H25NO. The molecule has 17 heavy (non-hydrogen) atoms. The Bertz CT molecular complexity index is 303. The maximum absolute atomic E-state index is 9.16. The third kappa shape index (κ3) is 4.49. The van der Waals surface area contributed by atoms with Gasteiger partial charge in [-0.05, 0) is 25.3 Å². The third-order valence-corrected chi connectivity index (χ3v) is 3.35. The topological polar surface area (TPSA) is 23.5 Å². The molecule has 1 rings (SSSR count). The molecule has 0 unspecified atom stereocenters. The Hall–Kier alpha value is -0.860. The summed E-state index contributed by atoms with van der Waals surface area (Å²) < 4.78 is 0. The number of hydrogen-bond donors (Lipinski definition) is 1. The lowest BCUT2D eigenvalue weighted by molar-refractivity contribution is 0.136. The van der Waals surface area contributed by atoms with Crippen molar-refractivity contribution >= 4 is 0 Å². The van der Waals surface area contributed by atoms with E-state index in [0.717, 1.165) is 25.9 Å². The summed E-state index contributed by atoms with van der Waals surface area (Å²) in [5.74, 6) is 0. The highest BCUT2D eigenvalue weighted by Crippen LogP contribution is 2.13. The van der Waals surface area contributed by atoms with Crippen LogP contribution in [0, 0.1) is 6.92 Å². The van der Waals surface area contributed by atoms with Crippen molar-refractivity contribution in [3.05, 3.63) is 35.4 Å². The van der Waals surface area contributed by atoms with Gasteiger partial charge < -0.3 is 5.11 Å². The molecule has 0 fully saturated rings. The van der Waals surface area contributed by atoms with Crippen molar-refractivity contribution in [2.45, 2.75) is 46.2 Å². The van der Waals surface area contributed by atoms with Crippen LogP contribution in [0.25, 0.3) is 0 Å². The van der Waals surface area contributed by atoms with Gasteiger partial charge in [0.05, 0.1) is 6.61 Å². The lowest BCUT2D eigenvalue weighted by atomic mass is 10.1. The molecule has 0 aliphatic carbocycles. The summed E-state index contributed by atoms with van der Waals surface area (Å²) in [6.07, 6.45) is 2.28. The van der Waals surface area contributed by atoms with Gasteiger partial charge >= 0.3 is 0 Å². The van der Waals surface area contributed by atoms with Crippen LogP contribution < -0.4 is 0 Å². The van der Waals surface area contributed by atoms with Crippen molar-refractivity contribution in [3.8, 4) is 0 Å². The minimum absolute atomic E-state index is 0.238. The van der Waals surface area contributed by atoms with Gasteiger partial charge in [0.25, 0.3) is 0 Å². The van der Waals surface area contributed by atoms with E-state index in [2.05, 4.69) is 49.9 Å². The van der Waals surface area contributed by atoms with E-state index in [0.29, 0.717) is 6.04 Å². The molecule has 0 aliphatic heterocycles. The van der Waals surface area contributed by atoms with Crippen LogP contribution in [-0.2, 0) is 6.54 Å². The maximum Gasteiger partial charge on any atom is 0.0558 e. The Morgan fingerprint density at radius 2 is 1.71 bits per heavy atom. The molecule has 0 aromatic heterocycles. The lowest BCUT2D eigenvalue weighted by Gasteiger charge is -2.29. The monoisotopic (exact) mass is 235 g/mol. The molecule has 0 amide bonds. The van der Waals surface area contributed by atoms with E-state index in [1.807, 2.05) is 0 Å². The lowest BCUT2D eigenvalue weighted by Crippen LogP contribution is -2.36. The minimum atomic E-state index is 0.238. The van der Waals surface area contributed by atoms with Crippen molar-refractivity contribution in [2.24, 2.45) is 0 Å². The molecule has 0 heterocycles. The zero-order valence-electron chi connectivity index (χ0n) is 11.3. The molecule has 0 saturated heterocycles. The molecule has 0 bridgehead atoms. The van der Waals surface area contributed by atoms with E-state index >= 15 is 0 Å². The van der Waals surface area contributed by atoms with Crippen LogP contribution in [0.5, 0.6) is 0 Å². The molecule has 0 atom stereocenters. The largest absolute Gasteiger partial charge is 0.395 e. The quantitative estimate of drug-likeness (QED) is 0.785. The summed E-state index contributed by atoms with van der Waals surface area (Å²) in [5.41, 5.74) is 2.63. The summed E-state index contributed by atoms with van der Waals surface area (Å²) in [5, 5.41) is 9.16. The van der Waals surface area contributed by atoms with Crippen LogP contribution in [0.15, 0.2) is 24.3 Å². The molecule has 0 spiro atoms. The second-order valence-corrected chi connectivity index (χ2v) is 4.65. The Morgan fingerprint density at radius 3 is 2.18 bits per heavy atom. The first-order chi connectivity index (χ1) is 8.21. The molecular weight excluding hydrogens is 210 g/mol. The number of aliphatic hydroxyl groups excluding tert-OH is 1. The third-order valence-electron chi connectivity index (χ3n) is 3.35.